The van der Waals surface area contributed by atoms with E-state index in [1.807, 2.05) is 7.05 Å². The first-order valence-corrected chi connectivity index (χ1v) is 9.06. The quantitative estimate of drug-likeness (QED) is 0.442. The first-order valence-electron chi connectivity index (χ1n) is 9.06. The Kier molecular flexibility index (Phi) is 7.46. The molecule has 2 heterocycles. The van der Waals surface area contributed by atoms with Gasteiger partial charge in [-0.3, -0.25) is 4.99 Å². The van der Waals surface area contributed by atoms with Crippen LogP contribution in [0.25, 0.3) is 0 Å². The molecule has 0 aliphatic carbocycles. The first kappa shape index (κ1) is 17.5. The maximum Gasteiger partial charge on any atom is 0.190 e. The van der Waals surface area contributed by atoms with E-state index in [2.05, 4.69) is 39.4 Å². The van der Waals surface area contributed by atoms with Crippen molar-refractivity contribution in [1.29, 1.82) is 0 Å². The third-order valence-electron chi connectivity index (χ3n) is 5.13. The smallest absolute Gasteiger partial charge is 0.190 e. The lowest BCUT2D eigenvalue weighted by atomic mass is 10.0. The third kappa shape index (κ3) is 5.76. The number of hydrogen-bond acceptors (Lipinski definition) is 3. The van der Waals surface area contributed by atoms with E-state index >= 15 is 0 Å². The van der Waals surface area contributed by atoms with Crippen LogP contribution in [0.3, 0.4) is 0 Å². The van der Waals surface area contributed by atoms with Crippen LogP contribution >= 0.6 is 0 Å². The van der Waals surface area contributed by atoms with Crippen molar-refractivity contribution >= 4 is 5.96 Å². The number of hydrogen-bond donors (Lipinski definition) is 2. The summed E-state index contributed by atoms with van der Waals surface area (Å²) < 4.78 is 0. The molecular formula is C17H35N5. The number of nitrogens with one attached hydrogen (secondary N) is 2. The molecule has 2 fully saturated rings. The molecule has 0 bridgehead atoms. The van der Waals surface area contributed by atoms with Crippen molar-refractivity contribution in [3.8, 4) is 0 Å². The van der Waals surface area contributed by atoms with E-state index in [9.17, 15) is 0 Å². The van der Waals surface area contributed by atoms with Crippen LogP contribution in [0, 0.1) is 5.92 Å². The molecule has 0 saturated carbocycles. The van der Waals surface area contributed by atoms with Crippen LogP contribution in [0.15, 0.2) is 4.99 Å². The maximum atomic E-state index is 4.33. The molecule has 2 rings (SSSR count). The molecule has 5 nitrogen and oxygen atoms in total. The zero-order valence-corrected chi connectivity index (χ0v) is 14.8. The summed E-state index contributed by atoms with van der Waals surface area (Å²) in [6, 6.07) is 0.769. The Morgan fingerprint density at radius 1 is 1.18 bits per heavy atom. The largest absolute Gasteiger partial charge is 0.356 e. The highest BCUT2D eigenvalue weighted by molar-refractivity contribution is 5.79. The molecule has 2 N–H and O–H groups in total. The van der Waals surface area contributed by atoms with Crippen molar-refractivity contribution in [2.45, 2.75) is 45.1 Å². The van der Waals surface area contributed by atoms with Gasteiger partial charge in [-0.1, -0.05) is 6.42 Å². The molecule has 2 atom stereocenters. The van der Waals surface area contributed by atoms with Gasteiger partial charge in [-0.05, 0) is 58.7 Å². The normalized spacial score (nSPS) is 28.0. The third-order valence-corrected chi connectivity index (χ3v) is 5.13. The molecule has 0 spiro atoms. The van der Waals surface area contributed by atoms with Crippen LogP contribution in [-0.2, 0) is 0 Å². The van der Waals surface area contributed by atoms with Crippen molar-refractivity contribution in [2.24, 2.45) is 10.9 Å². The van der Waals surface area contributed by atoms with Crippen LogP contribution in [0.1, 0.15) is 39.0 Å². The van der Waals surface area contributed by atoms with Crippen LogP contribution in [0.5, 0.6) is 0 Å². The predicted molar refractivity (Wildman–Crippen MR) is 94.5 cm³/mol. The highest BCUT2D eigenvalue weighted by Crippen LogP contribution is 2.16. The highest BCUT2D eigenvalue weighted by atomic mass is 15.2. The van der Waals surface area contributed by atoms with Gasteiger partial charge in [-0.15, -0.1) is 0 Å². The fourth-order valence-electron chi connectivity index (χ4n) is 3.63. The highest BCUT2D eigenvalue weighted by Gasteiger charge is 2.19. The molecule has 0 aromatic carbocycles. The lowest BCUT2D eigenvalue weighted by Gasteiger charge is -2.33. The van der Waals surface area contributed by atoms with Crippen molar-refractivity contribution in [1.82, 2.24) is 20.4 Å². The zero-order chi connectivity index (χ0) is 15.8. The standard InChI is InChI=1S/C17H35N5/c1-15-7-4-5-10-22(15)11-6-9-19-17(18-2)20-13-16-8-12-21(3)14-16/h15-16H,4-14H2,1-3H3,(H2,18,19,20). The van der Waals surface area contributed by atoms with E-state index in [0.29, 0.717) is 0 Å². The molecule has 2 aliphatic heterocycles. The summed E-state index contributed by atoms with van der Waals surface area (Å²) in [5.74, 6) is 1.72. The number of guanidine groups is 1. The Hall–Kier alpha value is -0.810. The summed E-state index contributed by atoms with van der Waals surface area (Å²) in [5.41, 5.74) is 0. The Labute approximate surface area is 136 Å². The average Bonchev–Trinajstić information content (AvgIpc) is 2.94. The topological polar surface area (TPSA) is 42.9 Å². The fraction of sp³-hybridized carbons (Fsp3) is 0.941. The van der Waals surface area contributed by atoms with Crippen LogP contribution in [0.2, 0.25) is 0 Å². The summed E-state index contributed by atoms with van der Waals surface area (Å²) in [4.78, 5) is 9.37. The van der Waals surface area contributed by atoms with Crippen LogP contribution < -0.4 is 10.6 Å². The second-order valence-electron chi connectivity index (χ2n) is 7.03. The van der Waals surface area contributed by atoms with Crippen molar-refractivity contribution in [3.63, 3.8) is 0 Å². The molecule has 2 saturated heterocycles. The van der Waals surface area contributed by atoms with E-state index in [-0.39, 0.29) is 0 Å². The van der Waals surface area contributed by atoms with Gasteiger partial charge in [-0.25, -0.2) is 0 Å². The summed E-state index contributed by atoms with van der Waals surface area (Å²) in [7, 11) is 4.07. The molecule has 0 aromatic heterocycles. The number of nitrogens with zero attached hydrogens (tertiary/aromatic N) is 3. The molecule has 0 radical (unpaired) electrons. The van der Waals surface area contributed by atoms with E-state index in [1.54, 1.807) is 0 Å². The monoisotopic (exact) mass is 309 g/mol. The molecule has 2 unspecified atom stereocenters. The van der Waals surface area contributed by atoms with Crippen LogP contribution in [0.4, 0.5) is 0 Å². The van der Waals surface area contributed by atoms with Crippen molar-refractivity contribution in [2.75, 3.05) is 53.4 Å². The Bertz CT molecular complexity index is 344. The van der Waals surface area contributed by atoms with E-state index in [4.69, 9.17) is 0 Å². The molecule has 128 valence electrons. The van der Waals surface area contributed by atoms with Gasteiger partial charge in [-0.2, -0.15) is 0 Å². The minimum absolute atomic E-state index is 0.762. The van der Waals surface area contributed by atoms with Gasteiger partial charge >= 0.3 is 0 Å². The minimum atomic E-state index is 0.762. The Balaban J connectivity index is 1.56. The van der Waals surface area contributed by atoms with Crippen molar-refractivity contribution < 1.29 is 0 Å². The average molecular weight is 310 g/mol. The number of aliphatic imine (C=N–C) groups is 1. The zero-order valence-electron chi connectivity index (χ0n) is 14.8. The van der Waals surface area contributed by atoms with E-state index in [1.165, 1.54) is 58.3 Å². The number of piperidine rings is 1. The molecular weight excluding hydrogens is 274 g/mol. The molecule has 0 aromatic rings. The molecule has 5 heteroatoms. The SMILES string of the molecule is CN=C(NCCCN1CCCCC1C)NCC1CCN(C)C1. The van der Waals surface area contributed by atoms with E-state index in [0.717, 1.165) is 31.0 Å². The second-order valence-corrected chi connectivity index (χ2v) is 7.03. The second kappa shape index (κ2) is 9.36. The summed E-state index contributed by atoms with van der Waals surface area (Å²) in [6.07, 6.45) is 6.64. The lowest BCUT2D eigenvalue weighted by Crippen LogP contribution is -2.42. The lowest BCUT2D eigenvalue weighted by molar-refractivity contribution is 0.159. The van der Waals surface area contributed by atoms with Gasteiger partial charge in [0.1, 0.15) is 0 Å². The minimum Gasteiger partial charge on any atom is -0.356 e. The van der Waals surface area contributed by atoms with Gasteiger partial charge in [0.05, 0.1) is 0 Å². The van der Waals surface area contributed by atoms with Gasteiger partial charge in [0.15, 0.2) is 5.96 Å². The Morgan fingerprint density at radius 2 is 2.05 bits per heavy atom. The summed E-state index contributed by atoms with van der Waals surface area (Å²) in [5, 5.41) is 6.94. The maximum absolute atomic E-state index is 4.33. The molecule has 22 heavy (non-hydrogen) atoms. The van der Waals surface area contributed by atoms with Gasteiger partial charge in [0.2, 0.25) is 0 Å². The Morgan fingerprint density at radius 3 is 2.73 bits per heavy atom. The number of likely N-dealkylation sites (tertiary alicyclic amines) is 2. The fourth-order valence-corrected chi connectivity index (χ4v) is 3.63. The van der Waals surface area contributed by atoms with Crippen LogP contribution in [-0.4, -0.2) is 75.2 Å². The molecule has 0 amide bonds. The summed E-state index contributed by atoms with van der Waals surface area (Å²) >= 11 is 0. The number of rotatable bonds is 6. The summed E-state index contributed by atoms with van der Waals surface area (Å²) in [6.45, 7) is 9.33. The van der Waals surface area contributed by atoms with E-state index < -0.39 is 0 Å². The van der Waals surface area contributed by atoms with Crippen molar-refractivity contribution in [3.05, 3.63) is 0 Å². The predicted octanol–water partition coefficient (Wildman–Crippen LogP) is 1.37. The molecule has 2 aliphatic rings. The van der Waals surface area contributed by atoms with Gasteiger partial charge < -0.3 is 20.4 Å². The first-order chi connectivity index (χ1) is 10.7. The van der Waals surface area contributed by atoms with Gasteiger partial charge in [0.25, 0.3) is 0 Å². The van der Waals surface area contributed by atoms with Gasteiger partial charge in [0, 0.05) is 39.3 Å².